The molecular formula is C20H16BrN3O3S. The number of carbonyl (C=O) groups excluding carboxylic acids is 1. The molecule has 1 amide bonds. The van der Waals surface area contributed by atoms with Crippen molar-refractivity contribution in [3.05, 3.63) is 64.6 Å². The van der Waals surface area contributed by atoms with Gasteiger partial charge >= 0.3 is 0 Å². The van der Waals surface area contributed by atoms with Crippen LogP contribution in [0.3, 0.4) is 0 Å². The minimum atomic E-state index is -0.0681. The first-order valence-electron chi connectivity index (χ1n) is 8.55. The van der Waals surface area contributed by atoms with Gasteiger partial charge in [0.1, 0.15) is 5.03 Å². The van der Waals surface area contributed by atoms with Gasteiger partial charge in [-0.1, -0.05) is 45.9 Å². The van der Waals surface area contributed by atoms with E-state index in [1.807, 2.05) is 54.6 Å². The zero-order chi connectivity index (χ0) is 19.3. The van der Waals surface area contributed by atoms with E-state index < -0.39 is 0 Å². The number of aromatic nitrogens is 2. The molecular weight excluding hydrogens is 442 g/mol. The molecule has 1 aromatic heterocycles. The largest absolute Gasteiger partial charge is 0.454 e. The van der Waals surface area contributed by atoms with Crippen LogP contribution in [0.4, 0.5) is 0 Å². The summed E-state index contributed by atoms with van der Waals surface area (Å²) in [5.74, 6) is 1.65. The Bertz CT molecular complexity index is 981. The fraction of sp³-hybridized carbons (Fsp3) is 0.150. The molecule has 28 heavy (non-hydrogen) atoms. The molecule has 3 aromatic rings. The second-order valence-corrected chi connectivity index (χ2v) is 7.93. The van der Waals surface area contributed by atoms with Crippen LogP contribution in [0, 0.1) is 0 Å². The molecule has 0 saturated carbocycles. The lowest BCUT2D eigenvalue weighted by Crippen LogP contribution is -2.24. The number of hydrogen-bond donors (Lipinski definition) is 1. The van der Waals surface area contributed by atoms with Gasteiger partial charge in [0.2, 0.25) is 12.7 Å². The molecule has 1 N–H and O–H groups in total. The molecule has 0 aliphatic carbocycles. The van der Waals surface area contributed by atoms with E-state index in [4.69, 9.17) is 9.47 Å². The average molecular weight is 458 g/mol. The average Bonchev–Trinajstić information content (AvgIpc) is 3.19. The van der Waals surface area contributed by atoms with Gasteiger partial charge in [0.15, 0.2) is 11.5 Å². The van der Waals surface area contributed by atoms with Crippen LogP contribution in [-0.4, -0.2) is 28.7 Å². The molecule has 2 heterocycles. The van der Waals surface area contributed by atoms with Gasteiger partial charge in [0.25, 0.3) is 0 Å². The van der Waals surface area contributed by atoms with Crippen LogP contribution in [0.1, 0.15) is 5.56 Å². The van der Waals surface area contributed by atoms with E-state index in [0.717, 1.165) is 27.0 Å². The number of fused-ring (bicyclic) bond motifs is 1. The van der Waals surface area contributed by atoms with Gasteiger partial charge in [-0.2, -0.15) is 0 Å². The Morgan fingerprint density at radius 1 is 1.04 bits per heavy atom. The number of amides is 1. The maximum absolute atomic E-state index is 12.1. The van der Waals surface area contributed by atoms with Crippen LogP contribution < -0.4 is 14.8 Å². The lowest BCUT2D eigenvalue weighted by atomic mass is 10.1. The lowest BCUT2D eigenvalue weighted by Gasteiger charge is -2.06. The van der Waals surface area contributed by atoms with E-state index >= 15 is 0 Å². The smallest absolute Gasteiger partial charge is 0.231 e. The standard InChI is InChI=1S/C20H16BrN3O3S/c21-15-4-2-14(3-5-15)16-6-8-20(24-23-16)28-11-19(25)22-10-13-1-7-17-18(9-13)27-12-26-17/h1-9H,10-12H2,(H,22,25). The summed E-state index contributed by atoms with van der Waals surface area (Å²) in [5.41, 5.74) is 2.75. The van der Waals surface area contributed by atoms with Gasteiger partial charge < -0.3 is 14.8 Å². The summed E-state index contributed by atoms with van der Waals surface area (Å²) in [6.07, 6.45) is 0. The second-order valence-electron chi connectivity index (χ2n) is 6.02. The molecule has 2 aromatic carbocycles. The maximum atomic E-state index is 12.1. The molecule has 1 aliphatic rings. The third-order valence-corrected chi connectivity index (χ3v) is 5.51. The number of thioether (sulfide) groups is 1. The normalized spacial score (nSPS) is 12.0. The minimum Gasteiger partial charge on any atom is -0.454 e. The Hall–Kier alpha value is -2.58. The van der Waals surface area contributed by atoms with Crippen molar-refractivity contribution in [3.8, 4) is 22.8 Å². The Morgan fingerprint density at radius 3 is 2.64 bits per heavy atom. The van der Waals surface area contributed by atoms with Gasteiger partial charge in [-0.25, -0.2) is 0 Å². The van der Waals surface area contributed by atoms with E-state index in [1.54, 1.807) is 0 Å². The van der Waals surface area contributed by atoms with Gasteiger partial charge in [-0.05, 0) is 42.0 Å². The molecule has 142 valence electrons. The molecule has 0 saturated heterocycles. The van der Waals surface area contributed by atoms with E-state index in [-0.39, 0.29) is 18.5 Å². The molecule has 0 unspecified atom stereocenters. The van der Waals surface area contributed by atoms with Gasteiger partial charge in [0.05, 0.1) is 11.4 Å². The third-order valence-electron chi connectivity index (χ3n) is 4.06. The summed E-state index contributed by atoms with van der Waals surface area (Å²) in [6, 6.07) is 17.3. The number of halogens is 1. The predicted molar refractivity (Wildman–Crippen MR) is 110 cm³/mol. The topological polar surface area (TPSA) is 73.3 Å². The van der Waals surface area contributed by atoms with Crippen molar-refractivity contribution < 1.29 is 14.3 Å². The molecule has 8 heteroatoms. The monoisotopic (exact) mass is 457 g/mol. The number of rotatable bonds is 6. The highest BCUT2D eigenvalue weighted by Crippen LogP contribution is 2.32. The van der Waals surface area contributed by atoms with Crippen molar-refractivity contribution in [2.75, 3.05) is 12.5 Å². The summed E-state index contributed by atoms with van der Waals surface area (Å²) >= 11 is 4.77. The molecule has 0 radical (unpaired) electrons. The minimum absolute atomic E-state index is 0.0681. The summed E-state index contributed by atoms with van der Waals surface area (Å²) in [5, 5.41) is 12.0. The first-order valence-corrected chi connectivity index (χ1v) is 10.3. The molecule has 0 atom stereocenters. The van der Waals surface area contributed by atoms with E-state index in [2.05, 4.69) is 31.4 Å². The zero-order valence-corrected chi connectivity index (χ0v) is 17.1. The van der Waals surface area contributed by atoms with Gasteiger partial charge in [-0.15, -0.1) is 10.2 Å². The summed E-state index contributed by atoms with van der Waals surface area (Å²) in [6.45, 7) is 0.674. The van der Waals surface area contributed by atoms with Crippen molar-refractivity contribution in [1.29, 1.82) is 0 Å². The summed E-state index contributed by atoms with van der Waals surface area (Å²) < 4.78 is 11.6. The third kappa shape index (κ3) is 4.63. The Morgan fingerprint density at radius 2 is 1.86 bits per heavy atom. The summed E-state index contributed by atoms with van der Waals surface area (Å²) in [7, 11) is 0. The van der Waals surface area contributed by atoms with Gasteiger partial charge in [-0.3, -0.25) is 4.79 Å². The number of hydrogen-bond acceptors (Lipinski definition) is 6. The van der Waals surface area contributed by atoms with Gasteiger partial charge in [0, 0.05) is 16.6 Å². The Balaban J connectivity index is 1.27. The maximum Gasteiger partial charge on any atom is 0.231 e. The Labute approximate surface area is 174 Å². The second kappa shape index (κ2) is 8.62. The molecule has 0 fully saturated rings. The van der Waals surface area contributed by atoms with Crippen molar-refractivity contribution in [2.45, 2.75) is 11.6 Å². The molecule has 0 spiro atoms. The van der Waals surface area contributed by atoms with Crippen LogP contribution in [-0.2, 0) is 11.3 Å². The number of nitrogens with zero attached hydrogens (tertiary/aromatic N) is 2. The van der Waals surface area contributed by atoms with Crippen molar-refractivity contribution in [3.63, 3.8) is 0 Å². The van der Waals surface area contributed by atoms with Crippen LogP contribution in [0.2, 0.25) is 0 Å². The fourth-order valence-electron chi connectivity index (χ4n) is 2.61. The highest BCUT2D eigenvalue weighted by atomic mass is 79.9. The highest BCUT2D eigenvalue weighted by Gasteiger charge is 2.13. The van der Waals surface area contributed by atoms with Crippen molar-refractivity contribution in [1.82, 2.24) is 15.5 Å². The highest BCUT2D eigenvalue weighted by molar-refractivity contribution is 9.10. The summed E-state index contributed by atoms with van der Waals surface area (Å²) in [4.78, 5) is 12.1. The first kappa shape index (κ1) is 18.8. The predicted octanol–water partition coefficient (Wildman–Crippen LogP) is 4.04. The SMILES string of the molecule is O=C(CSc1ccc(-c2ccc(Br)cc2)nn1)NCc1ccc2c(c1)OCO2. The number of ether oxygens (including phenoxy) is 2. The molecule has 1 aliphatic heterocycles. The van der Waals surface area contributed by atoms with Crippen LogP contribution in [0.5, 0.6) is 11.5 Å². The number of carbonyl (C=O) groups is 1. The first-order chi connectivity index (χ1) is 13.7. The molecule has 6 nitrogen and oxygen atoms in total. The van der Waals surface area contributed by atoms with Crippen LogP contribution >= 0.6 is 27.7 Å². The molecule has 0 bridgehead atoms. The van der Waals surface area contributed by atoms with E-state index in [9.17, 15) is 4.79 Å². The number of benzene rings is 2. The van der Waals surface area contributed by atoms with Crippen molar-refractivity contribution in [2.24, 2.45) is 0 Å². The lowest BCUT2D eigenvalue weighted by molar-refractivity contribution is -0.118. The fourth-order valence-corrected chi connectivity index (χ4v) is 3.52. The zero-order valence-electron chi connectivity index (χ0n) is 14.7. The van der Waals surface area contributed by atoms with Crippen molar-refractivity contribution >= 4 is 33.6 Å². The van der Waals surface area contributed by atoms with Crippen LogP contribution in [0.15, 0.2) is 64.1 Å². The number of nitrogens with one attached hydrogen (secondary N) is 1. The van der Waals surface area contributed by atoms with E-state index in [1.165, 1.54) is 11.8 Å². The van der Waals surface area contributed by atoms with E-state index in [0.29, 0.717) is 17.3 Å². The molecule has 4 rings (SSSR count). The quantitative estimate of drug-likeness (QED) is 0.563. The van der Waals surface area contributed by atoms with Crippen LogP contribution in [0.25, 0.3) is 11.3 Å². The Kier molecular flexibility index (Phi) is 5.78.